The number of hydrogen-bond acceptors (Lipinski definition) is 4. The Kier molecular flexibility index (Phi) is 5.49. The number of phenols is 1. The third-order valence-corrected chi connectivity index (χ3v) is 2.44. The average Bonchev–Trinajstić information content (AvgIpc) is 2.32. The molecule has 0 aliphatic heterocycles. The lowest BCUT2D eigenvalue weighted by atomic mass is 10.1. The summed E-state index contributed by atoms with van der Waals surface area (Å²) in [5, 5.41) is 9.12. The number of nitrogens with two attached hydrogens (primary N) is 1. The van der Waals surface area contributed by atoms with Crippen LogP contribution < -0.4 is 5.73 Å². The highest BCUT2D eigenvalue weighted by Crippen LogP contribution is 2.11. The third-order valence-electron chi connectivity index (χ3n) is 2.44. The predicted octanol–water partition coefficient (Wildman–Crippen LogP) is 1.61. The van der Waals surface area contributed by atoms with Gasteiger partial charge in [-0.15, -0.1) is 0 Å². The van der Waals surface area contributed by atoms with Crippen LogP contribution in [0.1, 0.15) is 25.3 Å². The highest BCUT2D eigenvalue weighted by atomic mass is 16.5. The van der Waals surface area contributed by atoms with E-state index in [0.29, 0.717) is 13.0 Å². The Morgan fingerprint density at radius 1 is 1.41 bits per heavy atom. The van der Waals surface area contributed by atoms with Crippen LogP contribution in [0.5, 0.6) is 5.75 Å². The van der Waals surface area contributed by atoms with Crippen LogP contribution in [0.15, 0.2) is 24.3 Å². The van der Waals surface area contributed by atoms with Crippen molar-refractivity contribution in [3.8, 4) is 5.75 Å². The van der Waals surface area contributed by atoms with Gasteiger partial charge in [0.2, 0.25) is 0 Å². The van der Waals surface area contributed by atoms with E-state index in [1.165, 1.54) is 0 Å². The summed E-state index contributed by atoms with van der Waals surface area (Å²) in [5.74, 6) is -0.167. The summed E-state index contributed by atoms with van der Waals surface area (Å²) in [5.41, 5.74) is 6.64. The average molecular weight is 237 g/mol. The molecular weight excluding hydrogens is 218 g/mol. The van der Waals surface area contributed by atoms with Crippen LogP contribution in [0.25, 0.3) is 0 Å². The van der Waals surface area contributed by atoms with Crippen LogP contribution in [-0.2, 0) is 16.0 Å². The molecule has 0 heterocycles. The summed E-state index contributed by atoms with van der Waals surface area (Å²) in [6.07, 6.45) is 2.27. The smallest absolute Gasteiger partial charge is 0.323 e. The van der Waals surface area contributed by atoms with Crippen molar-refractivity contribution in [3.63, 3.8) is 0 Å². The van der Waals surface area contributed by atoms with E-state index >= 15 is 0 Å². The molecule has 0 amide bonds. The van der Waals surface area contributed by atoms with Gasteiger partial charge in [-0.05, 0) is 30.5 Å². The Morgan fingerprint density at radius 3 is 2.65 bits per heavy atom. The van der Waals surface area contributed by atoms with Gasteiger partial charge in [0.05, 0.1) is 6.61 Å². The Hall–Kier alpha value is -1.55. The monoisotopic (exact) mass is 237 g/mol. The molecule has 0 aliphatic carbocycles. The number of hydrogen-bond donors (Lipinski definition) is 2. The summed E-state index contributed by atoms with van der Waals surface area (Å²) in [6, 6.07) is 5.99. The number of carbonyl (C=O) groups excluding carboxylic acids is 1. The minimum atomic E-state index is -0.642. The van der Waals surface area contributed by atoms with E-state index in [1.54, 1.807) is 24.3 Å². The van der Waals surface area contributed by atoms with Crippen molar-refractivity contribution in [2.45, 2.75) is 32.2 Å². The molecule has 1 rings (SSSR count). The molecule has 0 unspecified atom stereocenters. The molecule has 4 heteroatoms. The van der Waals surface area contributed by atoms with Crippen molar-refractivity contribution in [1.82, 2.24) is 0 Å². The number of rotatable bonds is 6. The Balaban J connectivity index is 2.40. The van der Waals surface area contributed by atoms with Gasteiger partial charge < -0.3 is 15.6 Å². The number of carbonyl (C=O) groups is 1. The second-order valence-electron chi connectivity index (χ2n) is 4.00. The molecule has 94 valence electrons. The van der Waals surface area contributed by atoms with E-state index in [2.05, 4.69) is 0 Å². The molecule has 0 bridgehead atoms. The first-order valence-electron chi connectivity index (χ1n) is 5.83. The zero-order valence-electron chi connectivity index (χ0n) is 10.1. The van der Waals surface area contributed by atoms with E-state index in [-0.39, 0.29) is 11.7 Å². The quantitative estimate of drug-likeness (QED) is 0.582. The zero-order valence-corrected chi connectivity index (χ0v) is 10.1. The summed E-state index contributed by atoms with van der Waals surface area (Å²) >= 11 is 0. The normalized spacial score (nSPS) is 12.1. The summed E-state index contributed by atoms with van der Waals surface area (Å²) < 4.78 is 5.03. The standard InChI is InChI=1S/C13H19NO3/c1-2-3-8-17-13(16)12(14)9-10-4-6-11(15)7-5-10/h4-7,12,15H,2-3,8-9,14H2,1H3/t12-/m1/s1. The molecule has 0 saturated carbocycles. The van der Waals surface area contributed by atoms with Crippen LogP contribution in [0, 0.1) is 0 Å². The maximum atomic E-state index is 11.5. The first kappa shape index (κ1) is 13.5. The van der Waals surface area contributed by atoms with Gasteiger partial charge in [0.25, 0.3) is 0 Å². The molecule has 17 heavy (non-hydrogen) atoms. The molecule has 0 spiro atoms. The van der Waals surface area contributed by atoms with E-state index in [9.17, 15) is 4.79 Å². The molecule has 0 radical (unpaired) electrons. The van der Waals surface area contributed by atoms with Crippen molar-refractivity contribution in [1.29, 1.82) is 0 Å². The number of phenolic OH excluding ortho intramolecular Hbond substituents is 1. The Labute approximate surface area is 101 Å². The molecule has 0 saturated heterocycles. The predicted molar refractivity (Wildman–Crippen MR) is 65.7 cm³/mol. The van der Waals surface area contributed by atoms with Crippen molar-refractivity contribution in [2.75, 3.05) is 6.61 Å². The largest absolute Gasteiger partial charge is 0.508 e. The topological polar surface area (TPSA) is 72.5 Å². The summed E-state index contributed by atoms with van der Waals surface area (Å²) in [6.45, 7) is 2.46. The number of unbranched alkanes of at least 4 members (excludes halogenated alkanes) is 1. The van der Waals surface area contributed by atoms with Crippen molar-refractivity contribution in [3.05, 3.63) is 29.8 Å². The van der Waals surface area contributed by atoms with Crippen molar-refractivity contribution < 1.29 is 14.6 Å². The molecule has 3 N–H and O–H groups in total. The van der Waals surface area contributed by atoms with E-state index in [1.807, 2.05) is 6.92 Å². The van der Waals surface area contributed by atoms with E-state index in [4.69, 9.17) is 15.6 Å². The van der Waals surface area contributed by atoms with Crippen LogP contribution in [0.4, 0.5) is 0 Å². The molecule has 0 fully saturated rings. The Morgan fingerprint density at radius 2 is 2.06 bits per heavy atom. The van der Waals surface area contributed by atoms with Gasteiger partial charge in [-0.25, -0.2) is 0 Å². The molecule has 4 nitrogen and oxygen atoms in total. The van der Waals surface area contributed by atoms with Crippen LogP contribution in [0.2, 0.25) is 0 Å². The minimum Gasteiger partial charge on any atom is -0.508 e. The maximum absolute atomic E-state index is 11.5. The highest BCUT2D eigenvalue weighted by Gasteiger charge is 2.15. The fourth-order valence-electron chi connectivity index (χ4n) is 1.39. The maximum Gasteiger partial charge on any atom is 0.323 e. The first-order chi connectivity index (χ1) is 8.13. The molecule has 1 atom stereocenters. The lowest BCUT2D eigenvalue weighted by Gasteiger charge is -2.11. The molecule has 0 aliphatic rings. The summed E-state index contributed by atoms with van der Waals surface area (Å²) in [4.78, 5) is 11.5. The molecule has 1 aromatic carbocycles. The van der Waals surface area contributed by atoms with Gasteiger partial charge >= 0.3 is 5.97 Å². The van der Waals surface area contributed by atoms with Gasteiger partial charge in [-0.1, -0.05) is 25.5 Å². The lowest BCUT2D eigenvalue weighted by molar-refractivity contribution is -0.145. The van der Waals surface area contributed by atoms with Crippen LogP contribution >= 0.6 is 0 Å². The van der Waals surface area contributed by atoms with Gasteiger partial charge in [-0.2, -0.15) is 0 Å². The SMILES string of the molecule is CCCCOC(=O)[C@H](N)Cc1ccc(O)cc1. The highest BCUT2D eigenvalue weighted by molar-refractivity contribution is 5.75. The fourth-order valence-corrected chi connectivity index (χ4v) is 1.39. The first-order valence-corrected chi connectivity index (χ1v) is 5.83. The molecule has 1 aromatic rings. The fraction of sp³-hybridized carbons (Fsp3) is 0.462. The second-order valence-corrected chi connectivity index (χ2v) is 4.00. The third kappa shape index (κ3) is 4.87. The summed E-state index contributed by atoms with van der Waals surface area (Å²) in [7, 11) is 0. The lowest BCUT2D eigenvalue weighted by Crippen LogP contribution is -2.34. The molecular formula is C13H19NO3. The number of ether oxygens (including phenoxy) is 1. The minimum absolute atomic E-state index is 0.202. The molecule has 0 aromatic heterocycles. The second kappa shape index (κ2) is 6.91. The van der Waals surface area contributed by atoms with Gasteiger partial charge in [-0.3, -0.25) is 4.79 Å². The van der Waals surface area contributed by atoms with Crippen molar-refractivity contribution in [2.24, 2.45) is 5.73 Å². The number of aromatic hydroxyl groups is 1. The van der Waals surface area contributed by atoms with Crippen molar-refractivity contribution >= 4 is 5.97 Å². The number of benzene rings is 1. The van der Waals surface area contributed by atoms with Gasteiger partial charge in [0.1, 0.15) is 11.8 Å². The van der Waals surface area contributed by atoms with Gasteiger partial charge in [0.15, 0.2) is 0 Å². The van der Waals surface area contributed by atoms with Crippen LogP contribution in [-0.4, -0.2) is 23.7 Å². The van der Waals surface area contributed by atoms with E-state index in [0.717, 1.165) is 18.4 Å². The number of esters is 1. The van der Waals surface area contributed by atoms with E-state index < -0.39 is 6.04 Å². The van der Waals surface area contributed by atoms with Gasteiger partial charge in [0, 0.05) is 0 Å². The van der Waals surface area contributed by atoms with Crippen LogP contribution in [0.3, 0.4) is 0 Å². The zero-order chi connectivity index (χ0) is 12.7. The Bertz CT molecular complexity index is 348.